The van der Waals surface area contributed by atoms with Crippen molar-refractivity contribution in [3.05, 3.63) is 198 Å². The number of hydrogen-bond donors (Lipinski definition) is 8. The van der Waals surface area contributed by atoms with E-state index in [4.69, 9.17) is 62.1 Å². The Morgan fingerprint density at radius 1 is 0.814 bits per heavy atom. The third kappa shape index (κ3) is 17.6. The lowest BCUT2D eigenvalue weighted by Crippen LogP contribution is -2.46. The number of carboxylic acid groups (broad SMARTS) is 1. The number of hydrogen-bond acceptors (Lipinski definition) is 21. The van der Waals surface area contributed by atoms with Crippen LogP contribution in [-0.4, -0.2) is 163 Å². The van der Waals surface area contributed by atoms with Crippen LogP contribution in [-0.2, 0) is 23.8 Å². The summed E-state index contributed by atoms with van der Waals surface area (Å²) in [6.07, 6.45) is 8.33. The number of carbonyl (C=O) groups excluding carboxylic acids is 3. The maximum absolute atomic E-state index is 14.7. The Bertz CT molecular complexity index is 5720. The van der Waals surface area contributed by atoms with E-state index in [1.165, 1.54) is 39.5 Å². The number of ether oxygens (including phenoxy) is 4. The number of aromatic hydroxyl groups is 2. The van der Waals surface area contributed by atoms with Crippen molar-refractivity contribution in [2.45, 2.75) is 157 Å². The number of methoxy groups -OCH3 is 1. The number of allylic oxidation sites excluding steroid dienone is 2. The van der Waals surface area contributed by atoms with E-state index in [-0.39, 0.29) is 78.4 Å². The highest BCUT2D eigenvalue weighted by molar-refractivity contribution is 6.31. The normalized spacial score (nSPS) is 23.9. The number of benzene rings is 7. The van der Waals surface area contributed by atoms with Gasteiger partial charge in [-0.05, 0) is 137 Å². The molecule has 9 atom stereocenters. The molecule has 28 heteroatoms. The lowest BCUT2D eigenvalue weighted by molar-refractivity contribution is -0.160. The second-order valence-electron chi connectivity index (χ2n) is 32.5. The SMILES string of the molecule is CC(C)N=c1cc2n(-c3ccc(Cl)cc3)c3ccccc3nc-2cc1Nc1ccc(Cl)cc1.CO[C@H]1/C=C\O[C@@]2(C)Oc3c(C)c(O)c4c(O)c(c5c(c4c3C2=O)=NC2(CCN(CC(C)C)CC2)N=5)NC(=O)/C(C)=C/C=C\[C@H](C)[C@H](O)[C@@H](C)[C@@H](O)[C@@H](C)[C@@H](OC(C)=O)[C@H]1C.O=C(O)c1cn(C2CC2)c2cc(N3CCNCC3)c(F)cc2c1=O. The number of fused-ring (bicyclic) bond motifs is 4. The number of halogens is 3. The van der Waals surface area contributed by atoms with Crippen LogP contribution in [0.15, 0.2) is 159 Å². The van der Waals surface area contributed by atoms with E-state index >= 15 is 0 Å². The van der Waals surface area contributed by atoms with Crippen LogP contribution < -0.4 is 47.1 Å². The highest BCUT2D eigenvalue weighted by Gasteiger charge is 2.51. The fourth-order valence-corrected chi connectivity index (χ4v) is 16.6. The molecule has 118 heavy (non-hydrogen) atoms. The predicted octanol–water partition coefficient (Wildman–Crippen LogP) is 13.8. The van der Waals surface area contributed by atoms with Gasteiger partial charge in [0.05, 0.1) is 85.6 Å². The highest BCUT2D eigenvalue weighted by atomic mass is 35.5. The molecule has 0 radical (unpaired) electrons. The molecule has 4 bridgehead atoms. The maximum atomic E-state index is 14.7. The van der Waals surface area contributed by atoms with Crippen LogP contribution in [0.25, 0.3) is 49.8 Å². The number of aliphatic hydroxyl groups is 2. The Morgan fingerprint density at radius 3 is 2.13 bits per heavy atom. The number of phenols is 2. The van der Waals surface area contributed by atoms with E-state index in [1.807, 2.05) is 76.2 Å². The lowest BCUT2D eigenvalue weighted by Gasteiger charge is -2.38. The number of nitrogens with one attached hydrogen (secondary N) is 3. The quantitative estimate of drug-likeness (QED) is 0.0339. The summed E-state index contributed by atoms with van der Waals surface area (Å²) in [5, 5.41) is 68.6. The first-order chi connectivity index (χ1) is 56.2. The van der Waals surface area contributed by atoms with Crippen molar-refractivity contribution in [1.82, 2.24) is 24.3 Å². The Labute approximate surface area is 693 Å². The maximum Gasteiger partial charge on any atom is 0.341 e. The van der Waals surface area contributed by atoms with Crippen LogP contribution in [0.1, 0.15) is 134 Å². The summed E-state index contributed by atoms with van der Waals surface area (Å²) in [6.45, 7) is 26.6. The van der Waals surface area contributed by atoms with Crippen LogP contribution in [0.2, 0.25) is 10.0 Å². The van der Waals surface area contributed by atoms with Crippen molar-refractivity contribution < 1.29 is 68.0 Å². The van der Waals surface area contributed by atoms with E-state index in [2.05, 4.69) is 71.3 Å². The van der Waals surface area contributed by atoms with Crippen molar-refractivity contribution in [1.29, 1.82) is 0 Å². The van der Waals surface area contributed by atoms with Crippen molar-refractivity contribution in [2.24, 2.45) is 44.6 Å². The number of likely N-dealkylation sites (tertiary alicyclic amines) is 1. The number of aliphatic hydroxyl groups excluding tert-OH is 2. The summed E-state index contributed by atoms with van der Waals surface area (Å²) < 4.78 is 42.6. The summed E-state index contributed by atoms with van der Waals surface area (Å²) in [5.41, 5.74) is 6.18. The number of carboxylic acids is 1. The number of nitrogens with zero attached hydrogens (tertiary/aromatic N) is 8. The average molecular weight is 1650 g/mol. The number of piperazine rings is 1. The Morgan fingerprint density at radius 2 is 1.48 bits per heavy atom. The van der Waals surface area contributed by atoms with Crippen molar-refractivity contribution in [3.8, 4) is 34.3 Å². The molecular weight excluding hydrogens is 1550 g/mol. The molecule has 2 aliphatic carbocycles. The molecule has 7 heterocycles. The smallest absolute Gasteiger partial charge is 0.341 e. The standard InChI is InChI=1S/C46H62N4O11.C27H22Cl2N4.C17H18FN3O3/c1-22(2)21-50-18-16-46(17-19-50)48-34-31-32-39(54)28(8)42-33(31)43(56)45(10,61-42)59-20-15-30(58-11)25(5)41(60-29(9)51)27(7)38(53)26(6)37(52)23(3)13-12-14-24(4)44(57)47-36(40(32)55)35(34)49-46;1-17(2)30-24-16-27-25(15-23(24)31-20-11-7-18(28)8-12-20)32-22-5-3-4-6-26(22)33(27)21-13-9-19(29)10-14-21;18-13-7-11-14(8-15(13)20-5-3-19-4-6-20)21(10-1-2-10)9-12(16(11)22)17(23)24/h12-15,20,22-23,25-27,30,37-38,41,52-55H,16-19,21H2,1-11H3,(H,47,57);3-17,31H,1-2H3;7-10,19H,1-6H2,(H,23,24)/b13-12-,20-15-,24-14+;;/t23-,25-,26+,27+,30-,37-,38+,41-,45-;;/m0../s1. The van der Waals surface area contributed by atoms with Crippen LogP contribution in [0.4, 0.5) is 27.1 Å². The highest BCUT2D eigenvalue weighted by Crippen LogP contribution is 2.50. The molecule has 8 aliphatic rings. The molecule has 1 saturated carbocycles. The molecular formula is C90H102Cl2FN11O14. The summed E-state index contributed by atoms with van der Waals surface area (Å²) in [5.74, 6) is -8.20. The minimum atomic E-state index is -1.96. The monoisotopic (exact) mass is 1650 g/mol. The summed E-state index contributed by atoms with van der Waals surface area (Å²) in [7, 11) is 1.47. The number of ketones is 1. The number of esters is 1. The van der Waals surface area contributed by atoms with Gasteiger partial charge in [0.25, 0.3) is 11.7 Å². The molecule has 6 aliphatic heterocycles. The second kappa shape index (κ2) is 35.2. The van der Waals surface area contributed by atoms with Gasteiger partial charge in [0.1, 0.15) is 40.0 Å². The molecule has 1 amide bonds. The number of pyridine rings is 1. The first-order valence-corrected chi connectivity index (χ1v) is 40.9. The third-order valence-corrected chi connectivity index (χ3v) is 23.4. The molecule has 25 nitrogen and oxygen atoms in total. The van der Waals surface area contributed by atoms with Gasteiger partial charge in [-0.25, -0.2) is 14.2 Å². The van der Waals surface area contributed by atoms with Crippen LogP contribution in [0.5, 0.6) is 17.2 Å². The average Bonchev–Trinajstić information content (AvgIpc) is 1.53. The molecule has 1 spiro atoms. The number of amides is 1. The first kappa shape index (κ1) is 85.3. The molecule has 2 saturated heterocycles. The molecule has 1 aromatic heterocycles. The van der Waals surface area contributed by atoms with Crippen molar-refractivity contribution in [3.63, 3.8) is 0 Å². The molecule has 3 fully saturated rings. The number of Topliss-reactive ketones (excluding diaryl/α,β-unsaturated/α-hetero) is 1. The van der Waals surface area contributed by atoms with Gasteiger partial charge in [0.15, 0.2) is 11.4 Å². The number of para-hydroxylation sites is 2. The number of anilines is 4. The number of rotatable bonds is 11. The van der Waals surface area contributed by atoms with E-state index in [0.29, 0.717) is 66.2 Å². The molecule has 0 unspecified atom stereocenters. The minimum Gasteiger partial charge on any atom is -0.507 e. The van der Waals surface area contributed by atoms with Crippen LogP contribution in [0.3, 0.4) is 0 Å². The third-order valence-electron chi connectivity index (χ3n) is 22.9. The van der Waals surface area contributed by atoms with E-state index in [0.717, 1.165) is 77.3 Å². The van der Waals surface area contributed by atoms with Gasteiger partial charge in [-0.3, -0.25) is 34.2 Å². The number of phenolic OH excluding ortho intramolecular Hbond substituents is 2. The largest absolute Gasteiger partial charge is 0.507 e. The summed E-state index contributed by atoms with van der Waals surface area (Å²) >= 11 is 12.2. The van der Waals surface area contributed by atoms with Gasteiger partial charge < -0.3 is 79.4 Å². The number of aromatic nitrogens is 3. The van der Waals surface area contributed by atoms with Gasteiger partial charge >= 0.3 is 17.7 Å². The summed E-state index contributed by atoms with van der Waals surface area (Å²) in [4.78, 5) is 89.3. The second-order valence-corrected chi connectivity index (χ2v) is 33.3. The van der Waals surface area contributed by atoms with Gasteiger partial charge in [0, 0.05) is 165 Å². The van der Waals surface area contributed by atoms with E-state index in [1.54, 1.807) is 71.9 Å². The van der Waals surface area contributed by atoms with Crippen molar-refractivity contribution in [2.75, 3.05) is 68.5 Å². The van der Waals surface area contributed by atoms with Crippen LogP contribution in [0, 0.1) is 42.3 Å². The summed E-state index contributed by atoms with van der Waals surface area (Å²) in [6, 6.07) is 31.0. The topological polar surface area (TPSA) is 326 Å². The fourth-order valence-electron chi connectivity index (χ4n) is 16.4. The molecule has 622 valence electrons. The minimum absolute atomic E-state index is 0.0364. The Kier molecular flexibility index (Phi) is 25.4. The molecule has 8 N–H and O–H groups in total. The Balaban J connectivity index is 0.000000175. The number of carbonyl (C=O) groups is 4. The van der Waals surface area contributed by atoms with Gasteiger partial charge in [-0.1, -0.05) is 95.1 Å². The number of aromatic carboxylic acids is 1. The lowest BCUT2D eigenvalue weighted by atomic mass is 9.78. The van der Waals surface area contributed by atoms with Gasteiger partial charge in [-0.15, -0.1) is 0 Å². The first-order valence-electron chi connectivity index (χ1n) is 40.1. The van der Waals surface area contributed by atoms with Crippen molar-refractivity contribution >= 4 is 102 Å². The molecule has 7 aromatic rings. The van der Waals surface area contributed by atoms with E-state index in [9.17, 15) is 53.9 Å². The zero-order valence-corrected chi connectivity index (χ0v) is 70.0. The van der Waals surface area contributed by atoms with Crippen LogP contribution >= 0.6 is 23.2 Å². The fraction of sp³-hybridized carbons (Fsp3) is 0.411. The zero-order chi connectivity index (χ0) is 84.7. The molecule has 15 rings (SSSR count). The van der Waals surface area contributed by atoms with Gasteiger partial charge in [0.2, 0.25) is 5.43 Å². The predicted molar refractivity (Wildman–Crippen MR) is 454 cm³/mol. The molecule has 6 aromatic carbocycles. The van der Waals surface area contributed by atoms with Gasteiger partial charge in [-0.2, -0.15) is 0 Å². The van der Waals surface area contributed by atoms with E-state index < -0.39 is 100 Å². The zero-order valence-electron chi connectivity index (χ0n) is 68.5. The number of piperidine rings is 1. The Hall–Kier alpha value is -10.6.